The van der Waals surface area contributed by atoms with Gasteiger partial charge in [0.1, 0.15) is 17.9 Å². The maximum atomic E-state index is 14.2. The van der Waals surface area contributed by atoms with Crippen LogP contribution in [0.5, 0.6) is 0 Å². The molecule has 2 aromatic heterocycles. The van der Waals surface area contributed by atoms with Gasteiger partial charge in [-0.3, -0.25) is 0 Å². The highest BCUT2D eigenvalue weighted by Gasteiger charge is 2.38. The van der Waals surface area contributed by atoms with E-state index in [0.717, 1.165) is 12.2 Å². The van der Waals surface area contributed by atoms with Gasteiger partial charge in [0.2, 0.25) is 5.95 Å². The first-order valence-corrected chi connectivity index (χ1v) is 17.6. The Hall–Kier alpha value is -3.63. The highest BCUT2D eigenvalue weighted by Crippen LogP contribution is 2.40. The van der Waals surface area contributed by atoms with Gasteiger partial charge in [-0.05, 0) is 51.8 Å². The van der Waals surface area contributed by atoms with Crippen molar-refractivity contribution in [1.29, 1.82) is 5.26 Å². The highest BCUT2D eigenvalue weighted by molar-refractivity contribution is 6.76. The van der Waals surface area contributed by atoms with Crippen LogP contribution in [0.4, 0.5) is 23.9 Å². The molecule has 1 fully saturated rings. The molecule has 4 rings (SSSR count). The van der Waals surface area contributed by atoms with Gasteiger partial charge in [0.05, 0.1) is 28.9 Å². The van der Waals surface area contributed by atoms with E-state index in [9.17, 15) is 23.2 Å². The summed E-state index contributed by atoms with van der Waals surface area (Å²) in [6, 6.07) is 7.30. The summed E-state index contributed by atoms with van der Waals surface area (Å²) in [5, 5.41) is 15.8. The summed E-state index contributed by atoms with van der Waals surface area (Å²) in [7, 11) is -1.34. The lowest BCUT2D eigenvalue weighted by Crippen LogP contribution is -2.54. The second-order valence-electron chi connectivity index (χ2n) is 12.7. The monoisotopic (exact) mass is 602 g/mol. The molecule has 9 nitrogen and oxygen atoms in total. The molecular formula is C29H37F3N6O3Si. The van der Waals surface area contributed by atoms with E-state index in [1.807, 2.05) is 0 Å². The molecule has 0 radical (unpaired) electrons. The molecule has 2 N–H and O–H groups in total. The molecule has 3 aromatic rings. The van der Waals surface area contributed by atoms with E-state index >= 15 is 0 Å². The summed E-state index contributed by atoms with van der Waals surface area (Å²) < 4.78 is 55.5. The van der Waals surface area contributed by atoms with Crippen LogP contribution in [0.15, 0.2) is 30.6 Å². The number of aromatic nitrogens is 3. The number of carbonyl (C=O) groups excluding carboxylic acids is 1. The number of amides is 1. The van der Waals surface area contributed by atoms with Crippen molar-refractivity contribution >= 4 is 31.0 Å². The van der Waals surface area contributed by atoms with Crippen molar-refractivity contribution in [1.82, 2.24) is 19.9 Å². The van der Waals surface area contributed by atoms with Crippen molar-refractivity contribution < 1.29 is 27.4 Å². The molecule has 0 aliphatic heterocycles. The number of ether oxygens (including phenoxy) is 2. The molecule has 1 aromatic carbocycles. The molecule has 2 heterocycles. The fourth-order valence-electron chi connectivity index (χ4n) is 4.53. The Bertz CT molecular complexity index is 1490. The second-order valence-corrected chi connectivity index (χ2v) is 18.4. The van der Waals surface area contributed by atoms with Gasteiger partial charge in [-0.2, -0.15) is 18.4 Å². The fourth-order valence-corrected chi connectivity index (χ4v) is 5.29. The predicted octanol–water partition coefficient (Wildman–Crippen LogP) is 6.77. The van der Waals surface area contributed by atoms with Crippen LogP contribution >= 0.6 is 0 Å². The van der Waals surface area contributed by atoms with Gasteiger partial charge in [-0.1, -0.05) is 25.7 Å². The Morgan fingerprint density at radius 2 is 1.90 bits per heavy atom. The van der Waals surface area contributed by atoms with E-state index in [-0.39, 0.29) is 36.0 Å². The number of halogens is 3. The Kier molecular flexibility index (Phi) is 8.89. The summed E-state index contributed by atoms with van der Waals surface area (Å²) in [6.45, 7) is 12.6. The summed E-state index contributed by atoms with van der Waals surface area (Å²) >= 11 is 0. The van der Waals surface area contributed by atoms with Gasteiger partial charge in [-0.15, -0.1) is 0 Å². The standard InChI is InChI=1S/C29H37F3N6O3Si/c1-28(2,3)41-27(39)36-23-10-9-22(23)35-26-34-15-21(29(30,31)32)25(37-26)20-16-38(17-40-11-12-42(4,5)6)24-13-18(14-33)7-8-19(20)24/h7-8,13,15-16,22-23H,9-12,17H2,1-6H3,(H,36,39)(H,34,35,37)/t22-,23-/m0/s1. The van der Waals surface area contributed by atoms with E-state index in [0.29, 0.717) is 35.9 Å². The molecule has 0 saturated heterocycles. The first kappa shape index (κ1) is 31.3. The Morgan fingerprint density at radius 1 is 1.19 bits per heavy atom. The number of hydrogen-bond acceptors (Lipinski definition) is 7. The molecule has 0 bridgehead atoms. The number of carbonyl (C=O) groups is 1. The van der Waals surface area contributed by atoms with Crippen molar-refractivity contribution in [2.45, 2.75) is 89.9 Å². The highest BCUT2D eigenvalue weighted by atomic mass is 28.3. The number of anilines is 1. The molecule has 1 aliphatic carbocycles. The fraction of sp³-hybridized carbons (Fsp3) is 0.517. The Balaban J connectivity index is 1.66. The summed E-state index contributed by atoms with van der Waals surface area (Å²) in [6.07, 6.45) is -1.57. The average molecular weight is 603 g/mol. The molecular weight excluding hydrogens is 565 g/mol. The summed E-state index contributed by atoms with van der Waals surface area (Å²) in [5.41, 5.74) is -0.726. The van der Waals surface area contributed by atoms with Crippen molar-refractivity contribution in [2.75, 3.05) is 11.9 Å². The predicted molar refractivity (Wildman–Crippen MR) is 157 cm³/mol. The number of benzene rings is 1. The van der Waals surface area contributed by atoms with Crippen LogP contribution in [0.3, 0.4) is 0 Å². The van der Waals surface area contributed by atoms with Crippen LogP contribution < -0.4 is 10.6 Å². The molecule has 1 saturated carbocycles. The first-order chi connectivity index (χ1) is 19.5. The molecule has 13 heteroatoms. The lowest BCUT2D eigenvalue weighted by molar-refractivity contribution is -0.137. The van der Waals surface area contributed by atoms with E-state index in [2.05, 4.69) is 46.3 Å². The third kappa shape index (κ3) is 7.80. The second kappa shape index (κ2) is 11.9. The lowest BCUT2D eigenvalue weighted by Gasteiger charge is -2.37. The van der Waals surface area contributed by atoms with Crippen LogP contribution in [-0.2, 0) is 22.4 Å². The Morgan fingerprint density at radius 3 is 2.50 bits per heavy atom. The first-order valence-electron chi connectivity index (χ1n) is 13.9. The molecule has 1 amide bonds. The van der Waals surface area contributed by atoms with Crippen molar-refractivity contribution in [2.24, 2.45) is 0 Å². The summed E-state index contributed by atoms with van der Waals surface area (Å²) in [4.78, 5) is 20.5. The zero-order valence-electron chi connectivity index (χ0n) is 24.7. The number of nitrogens with zero attached hydrogens (tertiary/aromatic N) is 4. The van der Waals surface area contributed by atoms with E-state index < -0.39 is 31.5 Å². The normalized spacial score (nSPS) is 17.4. The number of nitrogens with one attached hydrogen (secondary N) is 2. The van der Waals surface area contributed by atoms with Crippen molar-refractivity contribution in [3.8, 4) is 17.3 Å². The number of alkyl halides is 3. The zero-order valence-corrected chi connectivity index (χ0v) is 25.7. The molecule has 0 spiro atoms. The number of nitriles is 1. The average Bonchev–Trinajstić information content (AvgIpc) is 3.23. The quantitative estimate of drug-likeness (QED) is 0.205. The van der Waals surface area contributed by atoms with Crippen LogP contribution in [-0.4, -0.2) is 53.0 Å². The van der Waals surface area contributed by atoms with Crippen molar-refractivity contribution in [3.63, 3.8) is 0 Å². The van der Waals surface area contributed by atoms with Gasteiger partial charge in [0.15, 0.2) is 0 Å². The van der Waals surface area contributed by atoms with E-state index in [1.54, 1.807) is 49.7 Å². The third-order valence-electron chi connectivity index (χ3n) is 6.88. The number of fused-ring (bicyclic) bond motifs is 1. The minimum absolute atomic E-state index is 0.0135. The van der Waals surface area contributed by atoms with Gasteiger partial charge in [0, 0.05) is 44.1 Å². The van der Waals surface area contributed by atoms with Gasteiger partial charge >= 0.3 is 12.3 Å². The maximum Gasteiger partial charge on any atom is 0.419 e. The lowest BCUT2D eigenvalue weighted by atomic mass is 9.86. The van der Waals surface area contributed by atoms with Crippen LogP contribution in [0.2, 0.25) is 25.7 Å². The number of rotatable bonds is 9. The molecule has 1 aliphatic rings. The molecule has 42 heavy (non-hydrogen) atoms. The number of hydrogen-bond donors (Lipinski definition) is 2. The third-order valence-corrected chi connectivity index (χ3v) is 8.58. The van der Waals surface area contributed by atoms with Crippen LogP contribution in [0, 0.1) is 11.3 Å². The van der Waals surface area contributed by atoms with Crippen LogP contribution in [0.25, 0.3) is 22.2 Å². The maximum absolute atomic E-state index is 14.2. The molecule has 0 unspecified atom stereocenters. The minimum atomic E-state index is -4.71. The SMILES string of the molecule is CC(C)(C)OC(=O)N[C@H]1CC[C@@H]1Nc1ncc(C(F)(F)F)c(-c2cn(COCC[Si](C)(C)C)c3cc(C#N)ccc23)n1. The number of alkyl carbamates (subject to hydrolysis) is 1. The van der Waals surface area contributed by atoms with Crippen LogP contribution in [0.1, 0.15) is 44.7 Å². The van der Waals surface area contributed by atoms with E-state index in [1.165, 1.54) is 0 Å². The van der Waals surface area contributed by atoms with Gasteiger partial charge in [0.25, 0.3) is 0 Å². The summed E-state index contributed by atoms with van der Waals surface area (Å²) in [5.74, 6) is 0.0135. The van der Waals surface area contributed by atoms with Crippen molar-refractivity contribution in [3.05, 3.63) is 41.7 Å². The largest absolute Gasteiger partial charge is 0.444 e. The molecule has 226 valence electrons. The smallest absolute Gasteiger partial charge is 0.419 e. The molecule has 2 atom stereocenters. The van der Waals surface area contributed by atoms with Gasteiger partial charge < -0.3 is 24.7 Å². The van der Waals surface area contributed by atoms with E-state index in [4.69, 9.17) is 9.47 Å². The Labute approximate surface area is 244 Å². The van der Waals surface area contributed by atoms with Gasteiger partial charge in [-0.25, -0.2) is 14.8 Å². The zero-order chi connectivity index (χ0) is 30.9. The topological polar surface area (TPSA) is 114 Å². The minimum Gasteiger partial charge on any atom is -0.444 e.